The first-order valence-corrected chi connectivity index (χ1v) is 7.47. The number of rotatable bonds is 3. The van der Waals surface area contributed by atoms with Gasteiger partial charge >= 0.3 is 6.18 Å². The summed E-state index contributed by atoms with van der Waals surface area (Å²) in [6.07, 6.45) is -2.86. The molecule has 3 rings (SSSR count). The van der Waals surface area contributed by atoms with Gasteiger partial charge < -0.3 is 4.74 Å². The largest absolute Gasteiger partial charge is 0.457 e. The van der Waals surface area contributed by atoms with Crippen molar-refractivity contribution in [3.63, 3.8) is 0 Å². The van der Waals surface area contributed by atoms with E-state index >= 15 is 0 Å². The van der Waals surface area contributed by atoms with Crippen LogP contribution in [0.25, 0.3) is 11.3 Å². The third-order valence-corrected chi connectivity index (χ3v) is 3.48. The number of halogens is 3. The monoisotopic (exact) mass is 358 g/mol. The van der Waals surface area contributed by atoms with E-state index < -0.39 is 17.5 Å². The molecule has 0 spiro atoms. The molecule has 0 unspecified atom stereocenters. The molecule has 0 radical (unpaired) electrons. The van der Waals surface area contributed by atoms with E-state index in [9.17, 15) is 13.2 Å². The van der Waals surface area contributed by atoms with Gasteiger partial charge in [0.2, 0.25) is 5.84 Å². The van der Waals surface area contributed by atoms with Gasteiger partial charge in [0.1, 0.15) is 17.0 Å². The summed E-state index contributed by atoms with van der Waals surface area (Å²) in [5.41, 5.74) is 0.218. The smallest absolute Gasteiger partial charge is 0.449 e. The molecular formula is C18H13F3N4O. The number of ether oxygens (including phenoxy) is 1. The second-order valence-corrected chi connectivity index (χ2v) is 5.31. The van der Waals surface area contributed by atoms with Crippen molar-refractivity contribution < 1.29 is 17.9 Å². The number of aromatic nitrogens is 2. The van der Waals surface area contributed by atoms with E-state index in [-0.39, 0.29) is 5.69 Å². The number of hydrogen-bond acceptors (Lipinski definition) is 4. The van der Waals surface area contributed by atoms with Gasteiger partial charge in [-0.3, -0.25) is 20.4 Å². The van der Waals surface area contributed by atoms with E-state index in [1.54, 1.807) is 36.4 Å². The summed E-state index contributed by atoms with van der Waals surface area (Å²) < 4.78 is 44.3. The number of hydrogen-bond donors (Lipinski definition) is 2. The molecule has 132 valence electrons. The molecule has 0 bridgehead atoms. The SMILES string of the molecule is N=C(n1cc(-c2ccc(Oc3ccccc3)cc2)ncc1=N)C(F)(F)F. The fourth-order valence-corrected chi connectivity index (χ4v) is 2.21. The van der Waals surface area contributed by atoms with E-state index in [1.807, 2.05) is 18.2 Å². The second kappa shape index (κ2) is 6.83. The molecule has 1 heterocycles. The van der Waals surface area contributed by atoms with Gasteiger partial charge in [0.25, 0.3) is 0 Å². The third kappa shape index (κ3) is 3.80. The van der Waals surface area contributed by atoms with Crippen LogP contribution in [0, 0.1) is 10.8 Å². The highest BCUT2D eigenvalue weighted by atomic mass is 19.4. The lowest BCUT2D eigenvalue weighted by molar-refractivity contribution is -0.0626. The topological polar surface area (TPSA) is 74.8 Å². The summed E-state index contributed by atoms with van der Waals surface area (Å²) in [6.45, 7) is 0. The molecule has 5 nitrogen and oxygen atoms in total. The highest BCUT2D eigenvalue weighted by Crippen LogP contribution is 2.25. The second-order valence-electron chi connectivity index (χ2n) is 5.31. The van der Waals surface area contributed by atoms with Crippen molar-refractivity contribution in [2.45, 2.75) is 6.18 Å². The molecule has 3 aromatic rings. The van der Waals surface area contributed by atoms with Crippen LogP contribution in [0.2, 0.25) is 0 Å². The predicted octanol–water partition coefficient (Wildman–Crippen LogP) is 4.21. The molecule has 2 N–H and O–H groups in total. The Morgan fingerprint density at radius 2 is 1.58 bits per heavy atom. The fourth-order valence-electron chi connectivity index (χ4n) is 2.21. The minimum Gasteiger partial charge on any atom is -0.457 e. The van der Waals surface area contributed by atoms with E-state index in [0.29, 0.717) is 21.6 Å². The Balaban J connectivity index is 1.88. The van der Waals surface area contributed by atoms with Crippen molar-refractivity contribution in [3.05, 3.63) is 72.5 Å². The van der Waals surface area contributed by atoms with Crippen molar-refractivity contribution in [1.82, 2.24) is 9.55 Å². The Labute approximate surface area is 146 Å². The van der Waals surface area contributed by atoms with Gasteiger partial charge in [0.05, 0.1) is 11.9 Å². The zero-order valence-electron chi connectivity index (χ0n) is 13.3. The van der Waals surface area contributed by atoms with Gasteiger partial charge in [-0.25, -0.2) is 0 Å². The van der Waals surface area contributed by atoms with Gasteiger partial charge in [0.15, 0.2) is 0 Å². The minimum absolute atomic E-state index is 0.210. The van der Waals surface area contributed by atoms with Crippen molar-refractivity contribution in [3.8, 4) is 22.8 Å². The zero-order valence-corrected chi connectivity index (χ0v) is 13.3. The minimum atomic E-state index is -4.85. The van der Waals surface area contributed by atoms with Gasteiger partial charge in [-0.15, -0.1) is 0 Å². The molecule has 0 saturated heterocycles. The molecule has 0 amide bonds. The van der Waals surface area contributed by atoms with Crippen LogP contribution in [0.4, 0.5) is 13.2 Å². The molecule has 2 aromatic carbocycles. The van der Waals surface area contributed by atoms with E-state index in [4.69, 9.17) is 15.6 Å². The van der Waals surface area contributed by atoms with Crippen molar-refractivity contribution in [1.29, 1.82) is 10.8 Å². The normalized spacial score (nSPS) is 11.2. The summed E-state index contributed by atoms with van der Waals surface area (Å²) >= 11 is 0. The molecule has 0 fully saturated rings. The maximum absolute atomic E-state index is 12.7. The first kappa shape index (κ1) is 17.4. The fraction of sp³-hybridized carbons (Fsp3) is 0.0556. The molecule has 0 atom stereocenters. The molecule has 0 aliphatic heterocycles. The van der Waals surface area contributed by atoms with Gasteiger partial charge in [0, 0.05) is 11.8 Å². The number of nitrogens with zero attached hydrogens (tertiary/aromatic N) is 2. The lowest BCUT2D eigenvalue weighted by Crippen LogP contribution is -2.36. The summed E-state index contributed by atoms with van der Waals surface area (Å²) in [4.78, 5) is 3.97. The average Bonchev–Trinajstić information content (AvgIpc) is 2.62. The maximum atomic E-state index is 12.7. The van der Waals surface area contributed by atoms with Crippen LogP contribution in [0.3, 0.4) is 0 Å². The number of benzene rings is 2. The molecule has 0 aliphatic carbocycles. The van der Waals surface area contributed by atoms with E-state index in [0.717, 1.165) is 12.4 Å². The Morgan fingerprint density at radius 1 is 0.962 bits per heavy atom. The average molecular weight is 358 g/mol. The first-order valence-electron chi connectivity index (χ1n) is 7.47. The molecule has 26 heavy (non-hydrogen) atoms. The highest BCUT2D eigenvalue weighted by molar-refractivity contribution is 5.87. The third-order valence-electron chi connectivity index (χ3n) is 3.48. The summed E-state index contributed by atoms with van der Waals surface area (Å²) in [5, 5.41) is 14.7. The standard InChI is InChI=1S/C18H13F3N4O/c19-18(20,21)17(23)25-11-15(24-10-16(25)22)12-6-8-14(9-7-12)26-13-4-2-1-3-5-13/h1-11,22-23H. The number of alkyl halides is 3. The molecule has 1 aromatic heterocycles. The van der Waals surface area contributed by atoms with Crippen molar-refractivity contribution in [2.75, 3.05) is 0 Å². The first-order chi connectivity index (χ1) is 12.3. The Morgan fingerprint density at radius 3 is 2.19 bits per heavy atom. The van der Waals surface area contributed by atoms with Crippen LogP contribution < -0.4 is 10.2 Å². The van der Waals surface area contributed by atoms with Crippen LogP contribution in [-0.2, 0) is 0 Å². The highest BCUT2D eigenvalue weighted by Gasteiger charge is 2.36. The maximum Gasteiger partial charge on any atom is 0.449 e. The molecule has 0 saturated carbocycles. The Bertz CT molecular complexity index is 980. The molecular weight excluding hydrogens is 345 g/mol. The van der Waals surface area contributed by atoms with Crippen LogP contribution in [0.5, 0.6) is 11.5 Å². The van der Waals surface area contributed by atoms with E-state index in [2.05, 4.69) is 4.98 Å². The summed E-state index contributed by atoms with van der Waals surface area (Å²) in [7, 11) is 0. The number of nitrogens with one attached hydrogen (secondary N) is 2. The molecule has 8 heteroatoms. The van der Waals surface area contributed by atoms with Crippen LogP contribution in [0.1, 0.15) is 0 Å². The van der Waals surface area contributed by atoms with E-state index in [1.165, 1.54) is 0 Å². The Hall–Kier alpha value is -3.42. The quantitative estimate of drug-likeness (QED) is 0.544. The van der Waals surface area contributed by atoms with Gasteiger partial charge in [-0.2, -0.15) is 13.2 Å². The van der Waals surface area contributed by atoms with Crippen LogP contribution in [0.15, 0.2) is 67.0 Å². The lowest BCUT2D eigenvalue weighted by Gasteiger charge is -2.13. The van der Waals surface area contributed by atoms with Crippen LogP contribution in [-0.4, -0.2) is 21.6 Å². The van der Waals surface area contributed by atoms with Gasteiger partial charge in [-0.05, 0) is 36.4 Å². The molecule has 0 aliphatic rings. The predicted molar refractivity (Wildman–Crippen MR) is 89.2 cm³/mol. The van der Waals surface area contributed by atoms with Crippen molar-refractivity contribution >= 4 is 5.84 Å². The summed E-state index contributed by atoms with van der Waals surface area (Å²) in [5.74, 6) is -0.420. The number of para-hydroxylation sites is 1. The van der Waals surface area contributed by atoms with Gasteiger partial charge in [-0.1, -0.05) is 18.2 Å². The zero-order chi connectivity index (χ0) is 18.7. The Kier molecular flexibility index (Phi) is 4.57. The van der Waals surface area contributed by atoms with Crippen LogP contribution >= 0.6 is 0 Å². The lowest BCUT2D eigenvalue weighted by atomic mass is 10.1. The van der Waals surface area contributed by atoms with Crippen molar-refractivity contribution in [2.24, 2.45) is 0 Å². The summed E-state index contributed by atoms with van der Waals surface area (Å²) in [6, 6.07) is 15.8.